The molecule has 140 valence electrons. The second kappa shape index (κ2) is 7.90. The van der Waals surface area contributed by atoms with E-state index in [9.17, 15) is 4.39 Å². The van der Waals surface area contributed by atoms with Crippen LogP contribution >= 0.6 is 0 Å². The summed E-state index contributed by atoms with van der Waals surface area (Å²) in [5.74, 6) is -0.0800. The highest BCUT2D eigenvalue weighted by molar-refractivity contribution is 5.65. The van der Waals surface area contributed by atoms with Gasteiger partial charge < -0.3 is 20.4 Å². The number of halogens is 1. The maximum Gasteiger partial charge on any atom is 0.229 e. The summed E-state index contributed by atoms with van der Waals surface area (Å²) in [6, 6.07) is 15.5. The highest BCUT2D eigenvalue weighted by atomic mass is 19.1. The number of benzene rings is 2. The van der Waals surface area contributed by atoms with Crippen molar-refractivity contribution in [2.24, 2.45) is 0 Å². The molecule has 0 spiro atoms. The summed E-state index contributed by atoms with van der Waals surface area (Å²) >= 11 is 0. The summed E-state index contributed by atoms with van der Waals surface area (Å²) in [5, 5.41) is 6.14. The monoisotopic (exact) mass is 366 g/mol. The van der Waals surface area contributed by atoms with Crippen molar-refractivity contribution >= 4 is 34.5 Å². The molecule has 0 amide bonds. The van der Waals surface area contributed by atoms with Crippen LogP contribution in [0, 0.1) is 5.82 Å². The summed E-state index contributed by atoms with van der Waals surface area (Å²) in [4.78, 5) is 12.3. The lowest BCUT2D eigenvalue weighted by molar-refractivity contribution is 0.619. The van der Waals surface area contributed by atoms with Gasteiger partial charge in [-0.2, -0.15) is 4.98 Å². The molecule has 2 aromatic carbocycles. The first-order chi connectivity index (χ1) is 12.9. The van der Waals surface area contributed by atoms with Gasteiger partial charge in [-0.15, -0.1) is 0 Å². The van der Waals surface area contributed by atoms with E-state index in [1.165, 1.54) is 0 Å². The van der Waals surface area contributed by atoms with Crippen molar-refractivity contribution in [3.8, 4) is 0 Å². The topological polar surface area (TPSA) is 56.3 Å². The summed E-state index contributed by atoms with van der Waals surface area (Å²) in [6.07, 6.45) is 1.16. The van der Waals surface area contributed by atoms with Gasteiger partial charge in [0.1, 0.15) is 0 Å². The molecule has 3 rings (SSSR count). The molecule has 0 aliphatic heterocycles. The predicted molar refractivity (Wildman–Crippen MR) is 110 cm³/mol. The minimum atomic E-state index is -0.516. The summed E-state index contributed by atoms with van der Waals surface area (Å²) < 4.78 is 14.2. The first-order valence-electron chi connectivity index (χ1n) is 8.54. The van der Waals surface area contributed by atoms with Crippen LogP contribution in [0.5, 0.6) is 0 Å². The summed E-state index contributed by atoms with van der Waals surface area (Å²) in [7, 11) is 7.84. The van der Waals surface area contributed by atoms with Crippen molar-refractivity contribution in [1.82, 2.24) is 9.97 Å². The van der Waals surface area contributed by atoms with E-state index in [0.717, 1.165) is 28.9 Å². The van der Waals surface area contributed by atoms with Crippen LogP contribution < -0.4 is 20.4 Å². The Morgan fingerprint density at radius 2 is 1.37 bits per heavy atom. The van der Waals surface area contributed by atoms with E-state index >= 15 is 0 Å². The van der Waals surface area contributed by atoms with Crippen LogP contribution in [0.1, 0.15) is 0 Å². The van der Waals surface area contributed by atoms with Crippen LogP contribution in [0.2, 0.25) is 0 Å². The summed E-state index contributed by atoms with van der Waals surface area (Å²) in [6.45, 7) is 0. The van der Waals surface area contributed by atoms with Crippen LogP contribution in [0.4, 0.5) is 38.9 Å². The third kappa shape index (κ3) is 4.63. The van der Waals surface area contributed by atoms with Crippen molar-refractivity contribution < 1.29 is 4.39 Å². The lowest BCUT2D eigenvalue weighted by Gasteiger charge is -2.15. The number of aromatic nitrogens is 2. The minimum Gasteiger partial charge on any atom is -0.378 e. The largest absolute Gasteiger partial charge is 0.378 e. The fourth-order valence-corrected chi connectivity index (χ4v) is 2.50. The Balaban J connectivity index is 1.82. The number of nitrogens with one attached hydrogen (secondary N) is 2. The van der Waals surface area contributed by atoms with Gasteiger partial charge in [-0.1, -0.05) is 12.1 Å². The fraction of sp³-hybridized carbons (Fsp3) is 0.200. The third-order valence-electron chi connectivity index (χ3n) is 3.99. The Bertz CT molecular complexity index is 926. The molecule has 0 radical (unpaired) electrons. The Hall–Kier alpha value is -3.35. The molecule has 6 nitrogen and oxygen atoms in total. The second-order valence-electron chi connectivity index (χ2n) is 6.53. The van der Waals surface area contributed by atoms with Crippen LogP contribution in [0.3, 0.4) is 0 Å². The lowest BCUT2D eigenvalue weighted by atomic mass is 10.2. The van der Waals surface area contributed by atoms with E-state index in [-0.39, 0.29) is 5.82 Å². The van der Waals surface area contributed by atoms with Crippen molar-refractivity contribution in [2.45, 2.75) is 0 Å². The van der Waals surface area contributed by atoms with Crippen molar-refractivity contribution in [2.75, 3.05) is 48.6 Å². The molecule has 0 saturated carbocycles. The SMILES string of the molecule is CN(C)c1cccc(Nc2ncc(F)c(Nc3cccc(N(C)C)c3)n2)c1. The Kier molecular flexibility index (Phi) is 5.40. The molecule has 0 saturated heterocycles. The smallest absolute Gasteiger partial charge is 0.229 e. The van der Waals surface area contributed by atoms with Gasteiger partial charge in [0.15, 0.2) is 11.6 Å². The van der Waals surface area contributed by atoms with Crippen molar-refractivity contribution in [3.63, 3.8) is 0 Å². The van der Waals surface area contributed by atoms with Gasteiger partial charge in [-0.05, 0) is 36.4 Å². The molecule has 1 aromatic heterocycles. The fourth-order valence-electron chi connectivity index (χ4n) is 2.50. The first-order valence-corrected chi connectivity index (χ1v) is 8.54. The molecule has 1 heterocycles. The number of hydrogen-bond acceptors (Lipinski definition) is 6. The number of rotatable bonds is 6. The molecule has 3 aromatic rings. The highest BCUT2D eigenvalue weighted by Crippen LogP contribution is 2.24. The van der Waals surface area contributed by atoms with Gasteiger partial charge in [0.25, 0.3) is 0 Å². The number of nitrogens with zero attached hydrogens (tertiary/aromatic N) is 4. The minimum absolute atomic E-state index is 0.118. The predicted octanol–water partition coefficient (Wildman–Crippen LogP) is 4.23. The van der Waals surface area contributed by atoms with Gasteiger partial charge in [0, 0.05) is 50.9 Å². The van der Waals surface area contributed by atoms with Crippen LogP contribution in [0.25, 0.3) is 0 Å². The normalized spacial score (nSPS) is 10.4. The van der Waals surface area contributed by atoms with Crippen molar-refractivity contribution in [1.29, 1.82) is 0 Å². The summed E-state index contributed by atoms with van der Waals surface area (Å²) in [5.41, 5.74) is 3.63. The number of hydrogen-bond donors (Lipinski definition) is 2. The molecular weight excluding hydrogens is 343 g/mol. The lowest BCUT2D eigenvalue weighted by Crippen LogP contribution is -2.09. The van der Waals surface area contributed by atoms with E-state index in [0.29, 0.717) is 5.95 Å². The number of anilines is 6. The second-order valence-corrected chi connectivity index (χ2v) is 6.53. The molecule has 7 heteroatoms. The maximum absolute atomic E-state index is 14.2. The van der Waals surface area contributed by atoms with E-state index in [1.54, 1.807) is 0 Å². The molecular formula is C20H23FN6. The van der Waals surface area contributed by atoms with Gasteiger partial charge in [0.05, 0.1) is 6.20 Å². The molecule has 0 bridgehead atoms. The van der Waals surface area contributed by atoms with Gasteiger partial charge in [-0.3, -0.25) is 0 Å². The molecule has 2 N–H and O–H groups in total. The van der Waals surface area contributed by atoms with Gasteiger partial charge in [-0.25, -0.2) is 9.37 Å². The molecule has 0 atom stereocenters. The van der Waals surface area contributed by atoms with E-state index in [1.807, 2.05) is 86.5 Å². The average Bonchev–Trinajstić information content (AvgIpc) is 2.65. The quantitative estimate of drug-likeness (QED) is 0.681. The van der Waals surface area contributed by atoms with E-state index < -0.39 is 5.82 Å². The van der Waals surface area contributed by atoms with Crippen molar-refractivity contribution in [3.05, 3.63) is 60.5 Å². The highest BCUT2D eigenvalue weighted by Gasteiger charge is 2.09. The molecule has 27 heavy (non-hydrogen) atoms. The third-order valence-corrected chi connectivity index (χ3v) is 3.99. The van der Waals surface area contributed by atoms with Crippen LogP contribution in [-0.2, 0) is 0 Å². The molecule has 0 fully saturated rings. The Morgan fingerprint density at radius 1 is 0.815 bits per heavy atom. The zero-order valence-corrected chi connectivity index (χ0v) is 15.9. The van der Waals surface area contributed by atoms with E-state index in [4.69, 9.17) is 0 Å². The zero-order chi connectivity index (χ0) is 19.4. The molecule has 0 aliphatic carbocycles. The van der Waals surface area contributed by atoms with Crippen LogP contribution in [0.15, 0.2) is 54.7 Å². The Morgan fingerprint density at radius 3 is 1.93 bits per heavy atom. The van der Waals surface area contributed by atoms with Gasteiger partial charge >= 0.3 is 0 Å². The van der Waals surface area contributed by atoms with Crippen LogP contribution in [-0.4, -0.2) is 38.2 Å². The first kappa shape index (κ1) is 18.4. The average molecular weight is 366 g/mol. The zero-order valence-electron chi connectivity index (χ0n) is 15.9. The standard InChI is InChI=1S/C20H23FN6/c1-26(2)16-9-5-7-14(11-16)23-19-18(21)13-22-20(25-19)24-15-8-6-10-17(12-15)27(3)4/h5-13H,1-4H3,(H2,22,23,24,25). The molecule has 0 unspecified atom stereocenters. The Labute approximate surface area is 158 Å². The van der Waals surface area contributed by atoms with E-state index in [2.05, 4.69) is 20.6 Å². The van der Waals surface area contributed by atoms with Gasteiger partial charge in [0.2, 0.25) is 5.95 Å². The molecule has 0 aliphatic rings. The maximum atomic E-state index is 14.2.